The summed E-state index contributed by atoms with van der Waals surface area (Å²) in [5.74, 6) is 0.382. The fraction of sp³-hybridized carbons (Fsp3) is 0.200. The predicted octanol–water partition coefficient (Wildman–Crippen LogP) is 3.91. The predicted molar refractivity (Wildman–Crippen MR) is 89.5 cm³/mol. The molecule has 0 aliphatic carbocycles. The first-order chi connectivity index (χ1) is 9.29. The van der Waals surface area contributed by atoms with E-state index in [-0.39, 0.29) is 0 Å². The summed E-state index contributed by atoms with van der Waals surface area (Å²) in [4.78, 5) is 0. The highest BCUT2D eigenvalue weighted by Crippen LogP contribution is 2.35. The van der Waals surface area contributed by atoms with Crippen molar-refractivity contribution in [2.45, 2.75) is 13.8 Å². The number of hydrogen-bond donors (Lipinski definition) is 0. The molecule has 0 heterocycles. The van der Waals surface area contributed by atoms with Crippen LogP contribution in [-0.2, 0) is 10.1 Å². The van der Waals surface area contributed by atoms with Gasteiger partial charge in [-0.1, -0.05) is 24.3 Å². The highest BCUT2D eigenvalue weighted by molar-refractivity contribution is 14.1. The molecule has 3 nitrogen and oxygen atoms in total. The van der Waals surface area contributed by atoms with Crippen LogP contribution in [0.15, 0.2) is 36.4 Å². The molecule has 0 radical (unpaired) electrons. The standard InChI is InChI=1S/C15H15IO3S/c1-10-8-9-14(19-20(3,17)18)11(2)15(10)12-6-4-5-7-13(12)16/h4-9H,1-3H3. The van der Waals surface area contributed by atoms with Crippen molar-refractivity contribution in [3.8, 4) is 16.9 Å². The summed E-state index contributed by atoms with van der Waals surface area (Å²) in [5, 5.41) is 0. The van der Waals surface area contributed by atoms with Crippen molar-refractivity contribution in [1.29, 1.82) is 0 Å². The summed E-state index contributed by atoms with van der Waals surface area (Å²) in [6.45, 7) is 3.89. The zero-order chi connectivity index (χ0) is 14.9. The topological polar surface area (TPSA) is 43.4 Å². The molecule has 0 unspecified atom stereocenters. The van der Waals surface area contributed by atoms with Gasteiger partial charge in [-0.3, -0.25) is 0 Å². The van der Waals surface area contributed by atoms with E-state index in [1.165, 1.54) is 0 Å². The van der Waals surface area contributed by atoms with Crippen molar-refractivity contribution < 1.29 is 12.6 Å². The van der Waals surface area contributed by atoms with Crippen LogP contribution >= 0.6 is 22.6 Å². The van der Waals surface area contributed by atoms with E-state index in [2.05, 4.69) is 22.6 Å². The Labute approximate surface area is 133 Å². The molecule has 0 atom stereocenters. The van der Waals surface area contributed by atoms with Crippen molar-refractivity contribution >= 4 is 32.7 Å². The molecular formula is C15H15IO3S. The van der Waals surface area contributed by atoms with E-state index in [1.807, 2.05) is 44.2 Å². The number of benzene rings is 2. The van der Waals surface area contributed by atoms with E-state index in [0.717, 1.165) is 32.1 Å². The van der Waals surface area contributed by atoms with Gasteiger partial charge in [-0.25, -0.2) is 0 Å². The molecule has 0 spiro atoms. The molecule has 0 saturated heterocycles. The van der Waals surface area contributed by atoms with E-state index < -0.39 is 10.1 Å². The summed E-state index contributed by atoms with van der Waals surface area (Å²) >= 11 is 2.28. The minimum atomic E-state index is -3.52. The Morgan fingerprint density at radius 2 is 1.70 bits per heavy atom. The van der Waals surface area contributed by atoms with Crippen LogP contribution in [-0.4, -0.2) is 14.7 Å². The minimum absolute atomic E-state index is 0.382. The van der Waals surface area contributed by atoms with Gasteiger partial charge in [-0.05, 0) is 65.3 Å². The second-order valence-corrected chi connectivity index (χ2v) is 7.39. The molecule has 0 bridgehead atoms. The van der Waals surface area contributed by atoms with Gasteiger partial charge in [0.05, 0.1) is 6.26 Å². The maximum absolute atomic E-state index is 11.3. The average Bonchev–Trinajstić information content (AvgIpc) is 2.34. The van der Waals surface area contributed by atoms with Gasteiger partial charge in [0.25, 0.3) is 0 Å². The Bertz CT molecular complexity index is 752. The SMILES string of the molecule is Cc1ccc(OS(C)(=O)=O)c(C)c1-c1ccccc1I. The first-order valence-corrected chi connectivity index (χ1v) is 8.93. The summed E-state index contributed by atoms with van der Waals surface area (Å²) in [5.41, 5.74) is 4.03. The van der Waals surface area contributed by atoms with Crippen molar-refractivity contribution in [1.82, 2.24) is 0 Å². The summed E-state index contributed by atoms with van der Waals surface area (Å²) in [6, 6.07) is 11.6. The third-order valence-electron chi connectivity index (χ3n) is 3.01. The van der Waals surface area contributed by atoms with E-state index in [4.69, 9.17) is 4.18 Å². The van der Waals surface area contributed by atoms with Crippen molar-refractivity contribution in [2.75, 3.05) is 6.26 Å². The molecule has 106 valence electrons. The van der Waals surface area contributed by atoms with Crippen molar-refractivity contribution in [2.24, 2.45) is 0 Å². The lowest BCUT2D eigenvalue weighted by Gasteiger charge is -2.15. The van der Waals surface area contributed by atoms with Crippen LogP contribution in [0.1, 0.15) is 11.1 Å². The molecule has 0 aliphatic rings. The zero-order valence-corrected chi connectivity index (χ0v) is 14.4. The van der Waals surface area contributed by atoms with Crippen LogP contribution in [0.3, 0.4) is 0 Å². The molecule has 2 aromatic rings. The first kappa shape index (κ1) is 15.3. The fourth-order valence-corrected chi connectivity index (χ4v) is 3.32. The van der Waals surface area contributed by atoms with Crippen molar-refractivity contribution in [3.63, 3.8) is 0 Å². The number of rotatable bonds is 3. The first-order valence-electron chi connectivity index (χ1n) is 6.04. The fourth-order valence-electron chi connectivity index (χ4n) is 2.16. The lowest BCUT2D eigenvalue weighted by Crippen LogP contribution is -2.07. The van der Waals surface area contributed by atoms with Gasteiger partial charge in [0.15, 0.2) is 0 Å². The normalized spacial score (nSPS) is 11.4. The molecule has 2 rings (SSSR count). The maximum atomic E-state index is 11.3. The lowest BCUT2D eigenvalue weighted by atomic mass is 9.95. The molecule has 0 aliphatic heterocycles. The van der Waals surface area contributed by atoms with Crippen LogP contribution < -0.4 is 4.18 Å². The summed E-state index contributed by atoms with van der Waals surface area (Å²) < 4.78 is 28.8. The highest BCUT2D eigenvalue weighted by atomic mass is 127. The maximum Gasteiger partial charge on any atom is 0.306 e. The van der Waals surface area contributed by atoms with Crippen LogP contribution in [0.2, 0.25) is 0 Å². The van der Waals surface area contributed by atoms with Gasteiger partial charge >= 0.3 is 10.1 Å². The number of hydrogen-bond acceptors (Lipinski definition) is 3. The van der Waals surface area contributed by atoms with Crippen LogP contribution in [0.4, 0.5) is 0 Å². The largest absolute Gasteiger partial charge is 0.382 e. The molecule has 5 heteroatoms. The zero-order valence-electron chi connectivity index (χ0n) is 11.5. The van der Waals surface area contributed by atoms with Crippen LogP contribution in [0.25, 0.3) is 11.1 Å². The van der Waals surface area contributed by atoms with E-state index >= 15 is 0 Å². The van der Waals surface area contributed by atoms with Crippen LogP contribution in [0.5, 0.6) is 5.75 Å². The Morgan fingerprint density at radius 1 is 1.05 bits per heavy atom. The van der Waals surface area contributed by atoms with Crippen LogP contribution in [0, 0.1) is 17.4 Å². The molecule has 0 aromatic heterocycles. The summed E-state index contributed by atoms with van der Waals surface area (Å²) in [6.07, 6.45) is 1.05. The Hall–Kier alpha value is -1.08. The van der Waals surface area contributed by atoms with Gasteiger partial charge in [-0.2, -0.15) is 8.42 Å². The molecule has 20 heavy (non-hydrogen) atoms. The molecule has 0 N–H and O–H groups in total. The van der Waals surface area contributed by atoms with Crippen molar-refractivity contribution in [3.05, 3.63) is 51.1 Å². The lowest BCUT2D eigenvalue weighted by molar-refractivity contribution is 0.491. The Kier molecular flexibility index (Phi) is 4.39. The van der Waals surface area contributed by atoms with Gasteiger partial charge in [0.1, 0.15) is 5.75 Å². The van der Waals surface area contributed by atoms with E-state index in [9.17, 15) is 8.42 Å². The average molecular weight is 402 g/mol. The monoisotopic (exact) mass is 402 g/mol. The number of halogens is 1. The quantitative estimate of drug-likeness (QED) is 0.578. The molecule has 0 fully saturated rings. The second kappa shape index (κ2) is 5.73. The summed E-state index contributed by atoms with van der Waals surface area (Å²) in [7, 11) is -3.52. The Morgan fingerprint density at radius 3 is 2.30 bits per heavy atom. The van der Waals surface area contributed by atoms with Gasteiger partial charge in [0.2, 0.25) is 0 Å². The third-order valence-corrected chi connectivity index (χ3v) is 4.43. The van der Waals surface area contributed by atoms with E-state index in [1.54, 1.807) is 6.07 Å². The molecule has 0 saturated carbocycles. The molecule has 2 aromatic carbocycles. The minimum Gasteiger partial charge on any atom is -0.382 e. The molecular weight excluding hydrogens is 387 g/mol. The highest BCUT2D eigenvalue weighted by Gasteiger charge is 2.15. The smallest absolute Gasteiger partial charge is 0.306 e. The third kappa shape index (κ3) is 3.32. The van der Waals surface area contributed by atoms with Gasteiger partial charge in [-0.15, -0.1) is 0 Å². The Balaban J connectivity index is 2.65. The number of aryl methyl sites for hydroxylation is 1. The van der Waals surface area contributed by atoms with Gasteiger partial charge in [0, 0.05) is 9.13 Å². The molecule has 0 amide bonds. The van der Waals surface area contributed by atoms with E-state index in [0.29, 0.717) is 5.75 Å². The second-order valence-electron chi connectivity index (χ2n) is 4.65. The van der Waals surface area contributed by atoms with Gasteiger partial charge < -0.3 is 4.18 Å².